The number of urea groups is 1. The molecule has 0 fully saturated rings. The van der Waals surface area contributed by atoms with Crippen molar-refractivity contribution in [1.82, 2.24) is 15.6 Å². The maximum absolute atomic E-state index is 13.3. The summed E-state index contributed by atoms with van der Waals surface area (Å²) in [6, 6.07) is 23.6. The second kappa shape index (κ2) is 12.7. The van der Waals surface area contributed by atoms with E-state index in [0.29, 0.717) is 35.3 Å². The van der Waals surface area contributed by atoms with E-state index in [9.17, 15) is 14.0 Å². The number of nitrogens with one attached hydrogen (secondary N) is 3. The Hall–Kier alpha value is -4.96. The molecule has 0 aliphatic carbocycles. The molecule has 0 radical (unpaired) electrons. The molecule has 4 rings (SSSR count). The minimum absolute atomic E-state index is 0.201. The number of amides is 3. The van der Waals surface area contributed by atoms with Crippen molar-refractivity contribution < 1.29 is 14.0 Å². The first kappa shape index (κ1) is 25.1. The SMILES string of the molecule is O=C(NCCc1cccnc1)Nc1ccc(CNC(=O)c2ccccc2)c(C#Cc2ccc(F)cc2)c1. The van der Waals surface area contributed by atoms with Crippen molar-refractivity contribution in [3.8, 4) is 11.8 Å². The molecule has 7 heteroatoms. The zero-order chi connectivity index (χ0) is 25.9. The van der Waals surface area contributed by atoms with E-state index in [1.807, 2.05) is 24.3 Å². The number of pyridine rings is 1. The summed E-state index contributed by atoms with van der Waals surface area (Å²) in [5.41, 5.74) is 4.20. The zero-order valence-electron chi connectivity index (χ0n) is 20.0. The molecule has 184 valence electrons. The molecule has 6 nitrogen and oxygen atoms in total. The second-order valence-electron chi connectivity index (χ2n) is 8.17. The van der Waals surface area contributed by atoms with Gasteiger partial charge in [0.1, 0.15) is 5.82 Å². The Balaban J connectivity index is 1.46. The van der Waals surface area contributed by atoms with Crippen LogP contribution in [-0.4, -0.2) is 23.5 Å². The van der Waals surface area contributed by atoms with Gasteiger partial charge in [-0.2, -0.15) is 0 Å². The van der Waals surface area contributed by atoms with Gasteiger partial charge in [-0.15, -0.1) is 0 Å². The largest absolute Gasteiger partial charge is 0.348 e. The third-order valence-corrected chi connectivity index (χ3v) is 5.45. The number of benzene rings is 3. The van der Waals surface area contributed by atoms with Crippen LogP contribution in [0, 0.1) is 17.7 Å². The number of anilines is 1. The molecule has 0 saturated heterocycles. The fourth-order valence-electron chi connectivity index (χ4n) is 3.51. The van der Waals surface area contributed by atoms with Crippen molar-refractivity contribution in [2.45, 2.75) is 13.0 Å². The van der Waals surface area contributed by atoms with E-state index in [1.54, 1.807) is 60.9 Å². The topological polar surface area (TPSA) is 83.1 Å². The molecule has 0 bridgehead atoms. The molecule has 3 amide bonds. The normalized spacial score (nSPS) is 10.1. The molecule has 3 N–H and O–H groups in total. The summed E-state index contributed by atoms with van der Waals surface area (Å²) in [6.07, 6.45) is 4.13. The summed E-state index contributed by atoms with van der Waals surface area (Å²) in [7, 11) is 0. The predicted octanol–water partition coefficient (Wildman–Crippen LogP) is 4.91. The molecule has 3 aromatic carbocycles. The van der Waals surface area contributed by atoms with Crippen LogP contribution in [0.1, 0.15) is 32.6 Å². The number of hydrogen-bond acceptors (Lipinski definition) is 3. The van der Waals surface area contributed by atoms with Crippen LogP contribution in [0.25, 0.3) is 0 Å². The summed E-state index contributed by atoms with van der Waals surface area (Å²) in [5.74, 6) is 5.57. The molecular formula is C30H25FN4O2. The van der Waals surface area contributed by atoms with E-state index >= 15 is 0 Å². The first-order valence-corrected chi connectivity index (χ1v) is 11.7. The molecule has 1 heterocycles. The number of carbonyl (C=O) groups excluding carboxylic acids is 2. The van der Waals surface area contributed by atoms with Gasteiger partial charge in [-0.05, 0) is 72.1 Å². The minimum atomic E-state index is -0.341. The van der Waals surface area contributed by atoms with Gasteiger partial charge in [0, 0.05) is 47.9 Å². The van der Waals surface area contributed by atoms with E-state index in [2.05, 4.69) is 32.8 Å². The van der Waals surface area contributed by atoms with Gasteiger partial charge >= 0.3 is 6.03 Å². The summed E-state index contributed by atoms with van der Waals surface area (Å²) in [6.45, 7) is 0.705. The molecule has 1 aromatic heterocycles. The summed E-state index contributed by atoms with van der Waals surface area (Å²) in [5, 5.41) is 8.55. The number of nitrogens with zero attached hydrogens (tertiary/aromatic N) is 1. The zero-order valence-corrected chi connectivity index (χ0v) is 20.0. The highest BCUT2D eigenvalue weighted by molar-refractivity contribution is 5.94. The Morgan fingerprint density at radius 1 is 0.865 bits per heavy atom. The number of halogens is 1. The second-order valence-corrected chi connectivity index (χ2v) is 8.17. The Morgan fingerprint density at radius 2 is 1.68 bits per heavy atom. The van der Waals surface area contributed by atoms with E-state index in [1.165, 1.54) is 12.1 Å². The average molecular weight is 493 g/mol. The lowest BCUT2D eigenvalue weighted by atomic mass is 10.1. The van der Waals surface area contributed by atoms with E-state index in [4.69, 9.17) is 0 Å². The standard InChI is InChI=1S/C30H25FN4O2/c31-27-13-9-22(10-14-27)8-11-25-19-28(35-30(37)33-18-16-23-5-4-17-32-20-23)15-12-26(25)21-34-29(36)24-6-2-1-3-7-24/h1-7,9-10,12-15,17,19-20H,16,18,21H2,(H,34,36)(H2,33,35,37). The van der Waals surface area contributed by atoms with Crippen molar-refractivity contribution in [3.63, 3.8) is 0 Å². The van der Waals surface area contributed by atoms with Crippen LogP contribution < -0.4 is 16.0 Å². The van der Waals surface area contributed by atoms with Crippen LogP contribution in [0.15, 0.2) is 97.3 Å². The van der Waals surface area contributed by atoms with Gasteiger partial charge < -0.3 is 16.0 Å². The third-order valence-electron chi connectivity index (χ3n) is 5.45. The molecule has 0 aliphatic heterocycles. The third kappa shape index (κ3) is 7.77. The van der Waals surface area contributed by atoms with Gasteiger partial charge in [0.2, 0.25) is 0 Å². The van der Waals surface area contributed by atoms with E-state index < -0.39 is 0 Å². The van der Waals surface area contributed by atoms with E-state index in [-0.39, 0.29) is 24.3 Å². The molecule has 0 spiro atoms. The fourth-order valence-corrected chi connectivity index (χ4v) is 3.51. The Labute approximate surface area is 215 Å². The van der Waals surface area contributed by atoms with Crippen LogP contribution in [0.4, 0.5) is 14.9 Å². The Kier molecular flexibility index (Phi) is 8.60. The highest BCUT2D eigenvalue weighted by Crippen LogP contribution is 2.16. The van der Waals surface area contributed by atoms with Crippen LogP contribution in [0.2, 0.25) is 0 Å². The van der Waals surface area contributed by atoms with Gasteiger partial charge in [-0.3, -0.25) is 9.78 Å². The summed E-state index contributed by atoms with van der Waals surface area (Å²) < 4.78 is 13.3. The number of aromatic nitrogens is 1. The van der Waals surface area contributed by atoms with Crippen molar-refractivity contribution >= 4 is 17.6 Å². The summed E-state index contributed by atoms with van der Waals surface area (Å²) >= 11 is 0. The predicted molar refractivity (Wildman–Crippen MR) is 141 cm³/mol. The van der Waals surface area contributed by atoms with Gasteiger partial charge in [-0.1, -0.05) is 42.2 Å². The Bertz CT molecular complexity index is 1410. The number of hydrogen-bond donors (Lipinski definition) is 3. The van der Waals surface area contributed by atoms with Gasteiger partial charge in [0.05, 0.1) is 0 Å². The molecule has 0 unspecified atom stereocenters. The van der Waals surface area contributed by atoms with E-state index in [0.717, 1.165) is 11.1 Å². The van der Waals surface area contributed by atoms with Crippen molar-refractivity contribution in [3.05, 3.63) is 131 Å². The van der Waals surface area contributed by atoms with Crippen LogP contribution in [-0.2, 0) is 13.0 Å². The lowest BCUT2D eigenvalue weighted by molar-refractivity contribution is 0.0951. The highest BCUT2D eigenvalue weighted by Gasteiger charge is 2.09. The lowest BCUT2D eigenvalue weighted by Crippen LogP contribution is -2.30. The van der Waals surface area contributed by atoms with Crippen molar-refractivity contribution in [2.24, 2.45) is 0 Å². The molecule has 0 saturated carbocycles. The van der Waals surface area contributed by atoms with Crippen LogP contribution in [0.5, 0.6) is 0 Å². The molecule has 0 atom stereocenters. The van der Waals surface area contributed by atoms with Crippen molar-refractivity contribution in [2.75, 3.05) is 11.9 Å². The maximum Gasteiger partial charge on any atom is 0.319 e. The highest BCUT2D eigenvalue weighted by atomic mass is 19.1. The average Bonchev–Trinajstić information content (AvgIpc) is 2.93. The van der Waals surface area contributed by atoms with Gasteiger partial charge in [-0.25, -0.2) is 9.18 Å². The first-order valence-electron chi connectivity index (χ1n) is 11.7. The fraction of sp³-hybridized carbons (Fsp3) is 0.100. The first-order chi connectivity index (χ1) is 18.1. The molecule has 37 heavy (non-hydrogen) atoms. The maximum atomic E-state index is 13.3. The minimum Gasteiger partial charge on any atom is -0.348 e. The van der Waals surface area contributed by atoms with Crippen LogP contribution in [0.3, 0.4) is 0 Å². The molecule has 4 aromatic rings. The summed E-state index contributed by atoms with van der Waals surface area (Å²) in [4.78, 5) is 29.0. The molecular weight excluding hydrogens is 467 g/mol. The quantitative estimate of drug-likeness (QED) is 0.321. The monoisotopic (exact) mass is 492 g/mol. The number of rotatable bonds is 7. The lowest BCUT2D eigenvalue weighted by Gasteiger charge is -2.11. The Morgan fingerprint density at radius 3 is 2.43 bits per heavy atom. The van der Waals surface area contributed by atoms with Gasteiger partial charge in [0.15, 0.2) is 0 Å². The van der Waals surface area contributed by atoms with Gasteiger partial charge in [0.25, 0.3) is 5.91 Å². The smallest absolute Gasteiger partial charge is 0.319 e. The van der Waals surface area contributed by atoms with Crippen LogP contribution >= 0.6 is 0 Å². The molecule has 0 aliphatic rings. The van der Waals surface area contributed by atoms with Crippen molar-refractivity contribution in [1.29, 1.82) is 0 Å². The number of carbonyl (C=O) groups is 2.